The summed E-state index contributed by atoms with van der Waals surface area (Å²) in [5.41, 5.74) is 0. The maximum absolute atomic E-state index is 11.5. The predicted octanol–water partition coefficient (Wildman–Crippen LogP) is 1.78. The maximum Gasteiger partial charge on any atom is 0.0260 e. The SMILES string of the molecule is CCNCCCS(=O)CC(C)CC. The van der Waals surface area contributed by atoms with E-state index in [4.69, 9.17) is 0 Å². The first-order valence-corrected chi connectivity index (χ1v) is 6.75. The zero-order valence-corrected chi connectivity index (χ0v) is 9.95. The summed E-state index contributed by atoms with van der Waals surface area (Å²) in [7, 11) is -0.593. The molecule has 0 aliphatic rings. The Morgan fingerprint density at radius 3 is 2.62 bits per heavy atom. The fourth-order valence-electron chi connectivity index (χ4n) is 1.05. The molecule has 0 aromatic carbocycles. The molecule has 0 bridgehead atoms. The highest BCUT2D eigenvalue weighted by molar-refractivity contribution is 7.84. The van der Waals surface area contributed by atoms with Gasteiger partial charge in [-0.2, -0.15) is 0 Å². The molecule has 2 nitrogen and oxygen atoms in total. The zero-order chi connectivity index (χ0) is 10.1. The Labute approximate surface area is 84.9 Å². The molecule has 2 unspecified atom stereocenters. The molecule has 0 spiro atoms. The van der Waals surface area contributed by atoms with Crippen LogP contribution in [0.5, 0.6) is 0 Å². The molecule has 0 aliphatic carbocycles. The summed E-state index contributed by atoms with van der Waals surface area (Å²) in [5.74, 6) is 2.35. The normalized spacial score (nSPS) is 15.6. The molecule has 1 N–H and O–H groups in total. The van der Waals surface area contributed by atoms with Crippen molar-refractivity contribution in [2.24, 2.45) is 5.92 Å². The van der Waals surface area contributed by atoms with E-state index < -0.39 is 10.8 Å². The van der Waals surface area contributed by atoms with E-state index >= 15 is 0 Å². The van der Waals surface area contributed by atoms with E-state index in [9.17, 15) is 4.21 Å². The molecular weight excluding hydrogens is 182 g/mol. The molecule has 0 radical (unpaired) electrons. The van der Waals surface area contributed by atoms with Crippen molar-refractivity contribution in [1.82, 2.24) is 5.32 Å². The van der Waals surface area contributed by atoms with Gasteiger partial charge in [-0.25, -0.2) is 0 Å². The molecule has 80 valence electrons. The number of nitrogens with one attached hydrogen (secondary N) is 1. The molecule has 0 rings (SSSR count). The van der Waals surface area contributed by atoms with Gasteiger partial charge < -0.3 is 5.32 Å². The van der Waals surface area contributed by atoms with Gasteiger partial charge in [0.1, 0.15) is 0 Å². The summed E-state index contributed by atoms with van der Waals surface area (Å²) in [6.45, 7) is 8.43. The van der Waals surface area contributed by atoms with Gasteiger partial charge in [-0.3, -0.25) is 4.21 Å². The molecule has 0 fully saturated rings. The molecular formula is C10H23NOS. The molecule has 0 aromatic heterocycles. The van der Waals surface area contributed by atoms with Gasteiger partial charge in [-0.1, -0.05) is 27.2 Å². The van der Waals surface area contributed by atoms with Gasteiger partial charge in [0.25, 0.3) is 0 Å². The molecule has 0 heterocycles. The van der Waals surface area contributed by atoms with E-state index in [1.165, 1.54) is 0 Å². The summed E-state index contributed by atoms with van der Waals surface area (Å²) in [6, 6.07) is 0. The second kappa shape index (κ2) is 8.70. The van der Waals surface area contributed by atoms with E-state index in [1.54, 1.807) is 0 Å². The van der Waals surface area contributed by atoms with Crippen LogP contribution in [-0.4, -0.2) is 28.8 Å². The van der Waals surface area contributed by atoms with Crippen LogP contribution in [0.25, 0.3) is 0 Å². The first-order valence-electron chi connectivity index (χ1n) is 5.26. The van der Waals surface area contributed by atoms with Gasteiger partial charge >= 0.3 is 0 Å². The Kier molecular flexibility index (Phi) is 8.77. The van der Waals surface area contributed by atoms with Crippen LogP contribution in [0.4, 0.5) is 0 Å². The average Bonchev–Trinajstić information content (AvgIpc) is 2.12. The Balaban J connectivity index is 3.30. The predicted molar refractivity (Wildman–Crippen MR) is 60.5 cm³/mol. The van der Waals surface area contributed by atoms with Crippen LogP contribution in [0, 0.1) is 5.92 Å². The van der Waals surface area contributed by atoms with Crippen LogP contribution < -0.4 is 5.32 Å². The molecule has 0 aliphatic heterocycles. The van der Waals surface area contributed by atoms with E-state index in [2.05, 4.69) is 26.1 Å². The Morgan fingerprint density at radius 1 is 1.38 bits per heavy atom. The second-order valence-electron chi connectivity index (χ2n) is 3.53. The Bertz CT molecular complexity index is 139. The minimum atomic E-state index is -0.593. The highest BCUT2D eigenvalue weighted by Gasteiger charge is 2.04. The minimum Gasteiger partial charge on any atom is -0.317 e. The third kappa shape index (κ3) is 8.44. The van der Waals surface area contributed by atoms with Gasteiger partial charge in [0.2, 0.25) is 0 Å². The van der Waals surface area contributed by atoms with Gasteiger partial charge in [-0.05, 0) is 25.4 Å². The van der Waals surface area contributed by atoms with Gasteiger partial charge in [0.15, 0.2) is 0 Å². The molecule has 0 amide bonds. The topological polar surface area (TPSA) is 29.1 Å². The largest absolute Gasteiger partial charge is 0.317 e. The van der Waals surface area contributed by atoms with Crippen LogP contribution >= 0.6 is 0 Å². The van der Waals surface area contributed by atoms with E-state index in [-0.39, 0.29) is 0 Å². The molecule has 3 heteroatoms. The lowest BCUT2D eigenvalue weighted by Crippen LogP contribution is -2.18. The van der Waals surface area contributed by atoms with Crippen LogP contribution in [0.3, 0.4) is 0 Å². The molecule has 2 atom stereocenters. The fourth-order valence-corrected chi connectivity index (χ4v) is 2.56. The quantitative estimate of drug-likeness (QED) is 0.612. The van der Waals surface area contributed by atoms with E-state index in [1.807, 2.05) is 0 Å². The van der Waals surface area contributed by atoms with E-state index in [0.29, 0.717) is 5.92 Å². The number of hydrogen-bond acceptors (Lipinski definition) is 2. The van der Waals surface area contributed by atoms with Crippen molar-refractivity contribution in [2.75, 3.05) is 24.6 Å². The Morgan fingerprint density at radius 2 is 2.08 bits per heavy atom. The van der Waals surface area contributed by atoms with Gasteiger partial charge in [0.05, 0.1) is 0 Å². The van der Waals surface area contributed by atoms with Crippen molar-refractivity contribution in [3.05, 3.63) is 0 Å². The standard InChI is InChI=1S/C10H23NOS/c1-4-10(3)9-13(12)8-6-7-11-5-2/h10-11H,4-9H2,1-3H3. The molecule has 13 heavy (non-hydrogen) atoms. The third-order valence-corrected chi connectivity index (χ3v) is 3.83. The fraction of sp³-hybridized carbons (Fsp3) is 1.00. The number of hydrogen-bond donors (Lipinski definition) is 1. The molecule has 0 saturated carbocycles. The first-order chi connectivity index (χ1) is 6.20. The second-order valence-corrected chi connectivity index (χ2v) is 5.15. The lowest BCUT2D eigenvalue weighted by Gasteiger charge is -2.07. The van der Waals surface area contributed by atoms with Crippen LogP contribution in [0.15, 0.2) is 0 Å². The summed E-state index contributed by atoms with van der Waals surface area (Å²) in [6.07, 6.45) is 2.18. The summed E-state index contributed by atoms with van der Waals surface area (Å²) >= 11 is 0. The highest BCUT2D eigenvalue weighted by atomic mass is 32.2. The number of rotatable bonds is 8. The molecule has 0 aromatic rings. The van der Waals surface area contributed by atoms with Crippen molar-refractivity contribution in [3.8, 4) is 0 Å². The van der Waals surface area contributed by atoms with Crippen LogP contribution in [-0.2, 0) is 10.8 Å². The summed E-state index contributed by atoms with van der Waals surface area (Å²) in [4.78, 5) is 0. The maximum atomic E-state index is 11.5. The lowest BCUT2D eigenvalue weighted by atomic mass is 10.2. The first kappa shape index (κ1) is 13.1. The Hall–Kier alpha value is 0.110. The average molecular weight is 205 g/mol. The zero-order valence-electron chi connectivity index (χ0n) is 9.14. The molecule has 0 saturated heterocycles. The van der Waals surface area contributed by atoms with Gasteiger partial charge in [0, 0.05) is 22.3 Å². The van der Waals surface area contributed by atoms with Gasteiger partial charge in [-0.15, -0.1) is 0 Å². The van der Waals surface area contributed by atoms with Crippen molar-refractivity contribution in [1.29, 1.82) is 0 Å². The van der Waals surface area contributed by atoms with Crippen molar-refractivity contribution >= 4 is 10.8 Å². The highest BCUT2D eigenvalue weighted by Crippen LogP contribution is 2.03. The van der Waals surface area contributed by atoms with Crippen molar-refractivity contribution in [2.45, 2.75) is 33.6 Å². The van der Waals surface area contributed by atoms with Crippen LogP contribution in [0.1, 0.15) is 33.6 Å². The third-order valence-electron chi connectivity index (χ3n) is 2.14. The van der Waals surface area contributed by atoms with Crippen molar-refractivity contribution in [3.63, 3.8) is 0 Å². The minimum absolute atomic E-state index is 0.593. The summed E-state index contributed by atoms with van der Waals surface area (Å²) < 4.78 is 11.5. The van der Waals surface area contributed by atoms with E-state index in [0.717, 1.165) is 37.4 Å². The van der Waals surface area contributed by atoms with Crippen molar-refractivity contribution < 1.29 is 4.21 Å². The lowest BCUT2D eigenvalue weighted by molar-refractivity contribution is 0.612. The smallest absolute Gasteiger partial charge is 0.0260 e. The van der Waals surface area contributed by atoms with Crippen LogP contribution in [0.2, 0.25) is 0 Å². The summed E-state index contributed by atoms with van der Waals surface area (Å²) in [5, 5.41) is 3.24. The monoisotopic (exact) mass is 205 g/mol.